The van der Waals surface area contributed by atoms with Gasteiger partial charge in [-0.15, -0.1) is 0 Å². The van der Waals surface area contributed by atoms with Gasteiger partial charge in [0.15, 0.2) is 0 Å². The molecular formula is C28H26N2O4. The molecule has 0 unspecified atom stereocenters. The van der Waals surface area contributed by atoms with Crippen molar-refractivity contribution in [3.8, 4) is 5.75 Å². The molecule has 0 aliphatic carbocycles. The molecule has 6 nitrogen and oxygen atoms in total. The van der Waals surface area contributed by atoms with Crippen LogP contribution >= 0.6 is 0 Å². The van der Waals surface area contributed by atoms with Crippen molar-refractivity contribution in [2.75, 3.05) is 4.90 Å². The van der Waals surface area contributed by atoms with Crippen molar-refractivity contribution in [2.24, 2.45) is 0 Å². The molecule has 3 aromatic carbocycles. The molecule has 4 rings (SSSR count). The van der Waals surface area contributed by atoms with Crippen molar-refractivity contribution in [3.05, 3.63) is 99.6 Å². The number of hydrogen-bond acceptors (Lipinski definition) is 4. The molecule has 0 saturated carbocycles. The molecule has 172 valence electrons. The van der Waals surface area contributed by atoms with Gasteiger partial charge in [-0.3, -0.25) is 14.9 Å². The van der Waals surface area contributed by atoms with Gasteiger partial charge in [-0.2, -0.15) is 0 Å². The van der Waals surface area contributed by atoms with Gasteiger partial charge in [0, 0.05) is 5.56 Å². The van der Waals surface area contributed by atoms with Crippen LogP contribution in [0.25, 0.3) is 6.08 Å². The van der Waals surface area contributed by atoms with E-state index >= 15 is 0 Å². The quantitative estimate of drug-likeness (QED) is 0.427. The predicted octanol–water partition coefficient (Wildman–Crippen LogP) is 5.17. The van der Waals surface area contributed by atoms with Crippen molar-refractivity contribution in [2.45, 2.75) is 34.3 Å². The summed E-state index contributed by atoms with van der Waals surface area (Å²) in [5.74, 6) is -0.880. The molecular weight excluding hydrogens is 428 g/mol. The summed E-state index contributed by atoms with van der Waals surface area (Å²) >= 11 is 0. The topological polar surface area (TPSA) is 75.7 Å². The van der Waals surface area contributed by atoms with E-state index < -0.39 is 17.8 Å². The molecule has 0 spiro atoms. The molecule has 6 heteroatoms. The lowest BCUT2D eigenvalue weighted by atomic mass is 10.0. The Morgan fingerprint density at radius 1 is 0.853 bits per heavy atom. The van der Waals surface area contributed by atoms with Crippen LogP contribution in [0, 0.1) is 27.7 Å². The summed E-state index contributed by atoms with van der Waals surface area (Å²) in [5, 5.41) is 2.28. The minimum absolute atomic E-state index is 0.137. The SMILES string of the molecule is Cc1cc(C)cc(COc2ccccc2/C=C2\C(=O)NC(=O)N(c3ccc(C)cc3C)C2=O)c1. The molecule has 0 radical (unpaired) electrons. The normalized spacial score (nSPS) is 15.0. The molecule has 1 saturated heterocycles. The maximum atomic E-state index is 13.3. The standard InChI is InChI=1S/C28H26N2O4/c1-17-9-10-24(20(4)12-17)30-27(32)23(26(31)29-28(30)33)15-22-7-5-6-8-25(22)34-16-21-13-18(2)11-19(3)14-21/h5-15H,16H2,1-4H3,(H,29,31,33)/b23-15+. The lowest BCUT2D eigenvalue weighted by Gasteiger charge is -2.27. The molecule has 4 amide bonds. The molecule has 34 heavy (non-hydrogen) atoms. The number of hydrogen-bond donors (Lipinski definition) is 1. The minimum atomic E-state index is -0.765. The van der Waals surface area contributed by atoms with Crippen LogP contribution < -0.4 is 15.0 Å². The zero-order chi connectivity index (χ0) is 24.4. The van der Waals surface area contributed by atoms with Crippen molar-refractivity contribution in [1.82, 2.24) is 5.32 Å². The summed E-state index contributed by atoms with van der Waals surface area (Å²) in [7, 11) is 0. The largest absolute Gasteiger partial charge is 0.488 e. The molecule has 1 N–H and O–H groups in total. The Morgan fingerprint density at radius 3 is 2.26 bits per heavy atom. The van der Waals surface area contributed by atoms with Crippen molar-refractivity contribution >= 4 is 29.6 Å². The van der Waals surface area contributed by atoms with E-state index in [1.165, 1.54) is 6.08 Å². The van der Waals surface area contributed by atoms with Crippen LogP contribution in [-0.4, -0.2) is 17.8 Å². The van der Waals surface area contributed by atoms with Gasteiger partial charge in [0.25, 0.3) is 11.8 Å². The number of nitrogens with zero attached hydrogens (tertiary/aromatic N) is 1. The highest BCUT2D eigenvalue weighted by Crippen LogP contribution is 2.28. The van der Waals surface area contributed by atoms with Crippen LogP contribution in [0.4, 0.5) is 10.5 Å². The number of aryl methyl sites for hydroxylation is 4. The van der Waals surface area contributed by atoms with Gasteiger partial charge in [0.2, 0.25) is 0 Å². The fourth-order valence-electron chi connectivity index (χ4n) is 4.13. The van der Waals surface area contributed by atoms with E-state index in [1.807, 2.05) is 45.9 Å². The van der Waals surface area contributed by atoms with Crippen LogP contribution in [0.1, 0.15) is 33.4 Å². The Bertz CT molecular complexity index is 1320. The molecule has 1 fully saturated rings. The number of amides is 4. The Labute approximate surface area is 198 Å². The first-order chi connectivity index (χ1) is 16.2. The predicted molar refractivity (Wildman–Crippen MR) is 132 cm³/mol. The first-order valence-corrected chi connectivity index (χ1v) is 11.0. The summed E-state index contributed by atoms with van der Waals surface area (Å²) in [5.41, 5.74) is 5.96. The van der Waals surface area contributed by atoms with Crippen LogP contribution in [-0.2, 0) is 16.2 Å². The van der Waals surface area contributed by atoms with E-state index in [1.54, 1.807) is 24.3 Å². The van der Waals surface area contributed by atoms with Gasteiger partial charge < -0.3 is 4.74 Å². The fourth-order valence-corrected chi connectivity index (χ4v) is 4.13. The van der Waals surface area contributed by atoms with Crippen LogP contribution in [0.3, 0.4) is 0 Å². The van der Waals surface area contributed by atoms with Gasteiger partial charge in [-0.25, -0.2) is 9.69 Å². The van der Waals surface area contributed by atoms with E-state index in [0.29, 0.717) is 23.6 Å². The van der Waals surface area contributed by atoms with Crippen LogP contribution in [0.5, 0.6) is 5.75 Å². The second kappa shape index (κ2) is 9.35. The van der Waals surface area contributed by atoms with Crippen LogP contribution in [0.15, 0.2) is 66.2 Å². The van der Waals surface area contributed by atoms with E-state index in [4.69, 9.17) is 4.74 Å². The second-order valence-corrected chi connectivity index (χ2v) is 8.57. The maximum Gasteiger partial charge on any atom is 0.335 e. The molecule has 0 aromatic heterocycles. The van der Waals surface area contributed by atoms with E-state index in [9.17, 15) is 14.4 Å². The minimum Gasteiger partial charge on any atom is -0.488 e. The van der Waals surface area contributed by atoms with Crippen molar-refractivity contribution in [1.29, 1.82) is 0 Å². The van der Waals surface area contributed by atoms with Gasteiger partial charge >= 0.3 is 6.03 Å². The van der Waals surface area contributed by atoms with Crippen LogP contribution in [0.2, 0.25) is 0 Å². The molecule has 1 heterocycles. The lowest BCUT2D eigenvalue weighted by molar-refractivity contribution is -0.122. The Hall–Kier alpha value is -4.19. The average Bonchev–Trinajstić information content (AvgIpc) is 2.76. The number of nitrogens with one attached hydrogen (secondary N) is 1. The summed E-state index contributed by atoms with van der Waals surface area (Å²) in [6, 6.07) is 18.0. The maximum absolute atomic E-state index is 13.3. The average molecular weight is 455 g/mol. The van der Waals surface area contributed by atoms with E-state index in [-0.39, 0.29) is 5.57 Å². The Morgan fingerprint density at radius 2 is 1.56 bits per heavy atom. The third-order valence-corrected chi connectivity index (χ3v) is 5.59. The monoisotopic (exact) mass is 454 g/mol. The highest BCUT2D eigenvalue weighted by atomic mass is 16.5. The number of urea groups is 1. The number of barbiturate groups is 1. The van der Waals surface area contributed by atoms with Gasteiger partial charge in [-0.1, -0.05) is 65.2 Å². The number of imide groups is 2. The Balaban J connectivity index is 1.65. The molecule has 3 aromatic rings. The van der Waals surface area contributed by atoms with E-state index in [2.05, 4.69) is 23.5 Å². The van der Waals surface area contributed by atoms with Crippen molar-refractivity contribution < 1.29 is 19.1 Å². The summed E-state index contributed by atoms with van der Waals surface area (Å²) in [4.78, 5) is 39.5. The second-order valence-electron chi connectivity index (χ2n) is 8.57. The number of rotatable bonds is 5. The third kappa shape index (κ3) is 4.76. The molecule has 1 aliphatic rings. The van der Waals surface area contributed by atoms with Crippen molar-refractivity contribution in [3.63, 3.8) is 0 Å². The summed E-state index contributed by atoms with van der Waals surface area (Å²) in [6.45, 7) is 8.16. The fraction of sp³-hybridized carbons (Fsp3) is 0.179. The number of benzene rings is 3. The zero-order valence-electron chi connectivity index (χ0n) is 19.6. The number of carbonyl (C=O) groups excluding carboxylic acids is 3. The zero-order valence-corrected chi connectivity index (χ0v) is 19.6. The first-order valence-electron chi connectivity index (χ1n) is 11.0. The van der Waals surface area contributed by atoms with Gasteiger partial charge in [0.1, 0.15) is 17.9 Å². The highest BCUT2D eigenvalue weighted by molar-refractivity contribution is 6.39. The number of para-hydroxylation sites is 1. The third-order valence-electron chi connectivity index (χ3n) is 5.59. The van der Waals surface area contributed by atoms with Gasteiger partial charge in [-0.05, 0) is 57.0 Å². The van der Waals surface area contributed by atoms with E-state index in [0.717, 1.165) is 32.7 Å². The smallest absolute Gasteiger partial charge is 0.335 e. The summed E-state index contributed by atoms with van der Waals surface area (Å²) < 4.78 is 6.04. The number of anilines is 1. The molecule has 0 bridgehead atoms. The lowest BCUT2D eigenvalue weighted by Crippen LogP contribution is -2.54. The molecule has 1 aliphatic heterocycles. The summed E-state index contributed by atoms with van der Waals surface area (Å²) in [6.07, 6.45) is 1.47. The Kier molecular flexibility index (Phi) is 6.32. The highest BCUT2D eigenvalue weighted by Gasteiger charge is 2.37. The number of ether oxygens (including phenoxy) is 1. The van der Waals surface area contributed by atoms with Gasteiger partial charge in [0.05, 0.1) is 5.69 Å². The number of carbonyl (C=O) groups is 3. The molecule has 0 atom stereocenters. The first kappa shape index (κ1) is 23.0.